The van der Waals surface area contributed by atoms with Gasteiger partial charge in [0, 0.05) is 31.9 Å². The highest BCUT2D eigenvalue weighted by Crippen LogP contribution is 2.23. The molecule has 0 spiro atoms. The largest absolute Gasteiger partial charge is 0.373 e. The predicted octanol–water partition coefficient (Wildman–Crippen LogP) is 2.13. The molecule has 0 saturated carbocycles. The second-order valence-electron chi connectivity index (χ2n) is 5.58. The molecule has 0 aliphatic carbocycles. The SMILES string of the molecule is CNc1nc(N2CCCC2)ccc1C(=N)C(=O)Nc1cccnc1. The molecule has 7 heteroatoms. The molecule has 3 heterocycles. The van der Waals surface area contributed by atoms with Gasteiger partial charge in [0.25, 0.3) is 5.91 Å². The molecule has 0 radical (unpaired) electrons. The molecule has 1 saturated heterocycles. The summed E-state index contributed by atoms with van der Waals surface area (Å²) in [6, 6.07) is 7.10. The van der Waals surface area contributed by atoms with Gasteiger partial charge in [-0.15, -0.1) is 0 Å². The lowest BCUT2D eigenvalue weighted by Crippen LogP contribution is -2.25. The molecule has 1 fully saturated rings. The van der Waals surface area contributed by atoms with Gasteiger partial charge in [-0.3, -0.25) is 15.2 Å². The van der Waals surface area contributed by atoms with Crippen molar-refractivity contribution >= 4 is 28.9 Å². The minimum Gasteiger partial charge on any atom is -0.373 e. The topological polar surface area (TPSA) is 94.0 Å². The fourth-order valence-electron chi connectivity index (χ4n) is 2.72. The zero-order chi connectivity index (χ0) is 16.9. The van der Waals surface area contributed by atoms with E-state index in [-0.39, 0.29) is 5.71 Å². The number of carbonyl (C=O) groups is 1. The number of pyridine rings is 2. The average Bonchev–Trinajstić information content (AvgIpc) is 3.16. The second kappa shape index (κ2) is 7.08. The molecule has 0 bridgehead atoms. The standard InChI is InChI=1S/C17H20N6O/c1-19-16-13(6-7-14(22-16)23-9-2-3-10-23)15(18)17(24)21-12-5-4-8-20-11-12/h4-8,11,18H,2-3,9-10H2,1H3,(H,19,22)(H,21,24). The molecule has 0 aromatic carbocycles. The zero-order valence-corrected chi connectivity index (χ0v) is 13.5. The van der Waals surface area contributed by atoms with Gasteiger partial charge in [-0.1, -0.05) is 0 Å². The van der Waals surface area contributed by atoms with Gasteiger partial charge < -0.3 is 15.5 Å². The first-order valence-corrected chi connectivity index (χ1v) is 7.93. The number of carbonyl (C=O) groups excluding carboxylic acids is 1. The average molecular weight is 324 g/mol. The van der Waals surface area contributed by atoms with E-state index in [4.69, 9.17) is 5.41 Å². The molecular weight excluding hydrogens is 304 g/mol. The summed E-state index contributed by atoms with van der Waals surface area (Å²) in [6.07, 6.45) is 5.50. The van der Waals surface area contributed by atoms with Crippen molar-refractivity contribution < 1.29 is 4.79 Å². The highest BCUT2D eigenvalue weighted by atomic mass is 16.1. The molecule has 1 aliphatic heterocycles. The lowest BCUT2D eigenvalue weighted by Gasteiger charge is -2.18. The molecule has 3 rings (SSSR count). The molecule has 2 aromatic heterocycles. The Bertz CT molecular complexity index is 740. The lowest BCUT2D eigenvalue weighted by atomic mass is 10.1. The van der Waals surface area contributed by atoms with E-state index in [0.29, 0.717) is 17.1 Å². The first-order valence-electron chi connectivity index (χ1n) is 7.93. The number of rotatable bonds is 5. The maximum Gasteiger partial charge on any atom is 0.274 e. The molecule has 3 N–H and O–H groups in total. The molecule has 1 aliphatic rings. The summed E-state index contributed by atoms with van der Waals surface area (Å²) < 4.78 is 0. The van der Waals surface area contributed by atoms with Crippen LogP contribution in [0.5, 0.6) is 0 Å². The summed E-state index contributed by atoms with van der Waals surface area (Å²) in [5.74, 6) is 0.919. The van der Waals surface area contributed by atoms with Gasteiger partial charge in [0.2, 0.25) is 0 Å². The van der Waals surface area contributed by atoms with Gasteiger partial charge in [-0.05, 0) is 37.1 Å². The molecule has 0 atom stereocenters. The molecule has 2 aromatic rings. The smallest absolute Gasteiger partial charge is 0.274 e. The van der Waals surface area contributed by atoms with Crippen LogP contribution in [-0.2, 0) is 4.79 Å². The highest BCUT2D eigenvalue weighted by molar-refractivity contribution is 6.48. The summed E-state index contributed by atoms with van der Waals surface area (Å²) in [5.41, 5.74) is 0.894. The molecule has 7 nitrogen and oxygen atoms in total. The van der Waals surface area contributed by atoms with Crippen LogP contribution in [0.15, 0.2) is 36.7 Å². The Kier molecular flexibility index (Phi) is 4.69. The van der Waals surface area contributed by atoms with Crippen molar-refractivity contribution in [3.8, 4) is 0 Å². The number of nitrogens with zero attached hydrogens (tertiary/aromatic N) is 3. The molecule has 1 amide bonds. The van der Waals surface area contributed by atoms with E-state index in [9.17, 15) is 4.79 Å². The van der Waals surface area contributed by atoms with Crippen LogP contribution >= 0.6 is 0 Å². The summed E-state index contributed by atoms with van der Waals surface area (Å²) in [4.78, 5) is 23.0. The Labute approximate surface area is 140 Å². The number of hydrogen-bond acceptors (Lipinski definition) is 6. The summed E-state index contributed by atoms with van der Waals surface area (Å²) in [6.45, 7) is 1.99. The quantitative estimate of drug-likeness (QED) is 0.733. The maximum absolute atomic E-state index is 12.3. The fourth-order valence-corrected chi connectivity index (χ4v) is 2.72. The van der Waals surface area contributed by atoms with Crippen LogP contribution < -0.4 is 15.5 Å². The van der Waals surface area contributed by atoms with E-state index in [1.165, 1.54) is 12.8 Å². The van der Waals surface area contributed by atoms with Crippen molar-refractivity contribution in [1.82, 2.24) is 9.97 Å². The van der Waals surface area contributed by atoms with E-state index >= 15 is 0 Å². The normalized spacial score (nSPS) is 13.6. The van der Waals surface area contributed by atoms with Gasteiger partial charge in [-0.25, -0.2) is 4.98 Å². The van der Waals surface area contributed by atoms with Crippen LogP contribution in [0.4, 0.5) is 17.3 Å². The minimum absolute atomic E-state index is 0.135. The number of hydrogen-bond donors (Lipinski definition) is 3. The van der Waals surface area contributed by atoms with Crippen LogP contribution in [0.2, 0.25) is 0 Å². The fraction of sp³-hybridized carbons (Fsp3) is 0.294. The third-order valence-electron chi connectivity index (χ3n) is 3.96. The number of anilines is 3. The van der Waals surface area contributed by atoms with Gasteiger partial charge in [0.1, 0.15) is 17.3 Å². The number of aromatic nitrogens is 2. The monoisotopic (exact) mass is 324 g/mol. The first kappa shape index (κ1) is 15.9. The Morgan fingerprint density at radius 2 is 2.04 bits per heavy atom. The summed E-state index contributed by atoms with van der Waals surface area (Å²) in [5, 5.41) is 13.8. The molecule has 24 heavy (non-hydrogen) atoms. The van der Waals surface area contributed by atoms with Gasteiger partial charge >= 0.3 is 0 Å². The van der Waals surface area contributed by atoms with Gasteiger partial charge in [0.15, 0.2) is 0 Å². The molecular formula is C17H20N6O. The van der Waals surface area contributed by atoms with E-state index < -0.39 is 5.91 Å². The third-order valence-corrected chi connectivity index (χ3v) is 3.96. The third kappa shape index (κ3) is 3.34. The van der Waals surface area contributed by atoms with Crippen molar-refractivity contribution in [3.63, 3.8) is 0 Å². The van der Waals surface area contributed by atoms with Crippen molar-refractivity contribution in [2.75, 3.05) is 35.7 Å². The lowest BCUT2D eigenvalue weighted by molar-refractivity contribution is -0.110. The van der Waals surface area contributed by atoms with Crippen LogP contribution in [-0.4, -0.2) is 41.7 Å². The predicted molar refractivity (Wildman–Crippen MR) is 94.9 cm³/mol. The van der Waals surface area contributed by atoms with Crippen LogP contribution in [0, 0.1) is 5.41 Å². The minimum atomic E-state index is -0.491. The van der Waals surface area contributed by atoms with Crippen LogP contribution in [0.1, 0.15) is 18.4 Å². The first-order chi connectivity index (χ1) is 11.7. The second-order valence-corrected chi connectivity index (χ2v) is 5.58. The molecule has 0 unspecified atom stereocenters. The van der Waals surface area contributed by atoms with Gasteiger partial charge in [0.05, 0.1) is 11.9 Å². The van der Waals surface area contributed by atoms with Crippen LogP contribution in [0.3, 0.4) is 0 Å². The van der Waals surface area contributed by atoms with Gasteiger partial charge in [-0.2, -0.15) is 0 Å². The molecule has 124 valence electrons. The van der Waals surface area contributed by atoms with E-state index in [0.717, 1.165) is 18.9 Å². The summed E-state index contributed by atoms with van der Waals surface area (Å²) in [7, 11) is 1.74. The Morgan fingerprint density at radius 3 is 2.71 bits per heavy atom. The van der Waals surface area contributed by atoms with E-state index in [1.54, 1.807) is 37.6 Å². The van der Waals surface area contributed by atoms with Crippen molar-refractivity contribution in [1.29, 1.82) is 5.41 Å². The van der Waals surface area contributed by atoms with Crippen LogP contribution in [0.25, 0.3) is 0 Å². The summed E-state index contributed by atoms with van der Waals surface area (Å²) >= 11 is 0. The van der Waals surface area contributed by atoms with Crippen molar-refractivity contribution in [2.24, 2.45) is 0 Å². The Morgan fingerprint density at radius 1 is 1.25 bits per heavy atom. The van der Waals surface area contributed by atoms with E-state index in [1.807, 2.05) is 6.07 Å². The van der Waals surface area contributed by atoms with E-state index in [2.05, 4.69) is 25.5 Å². The maximum atomic E-state index is 12.3. The Balaban J connectivity index is 1.79. The van der Waals surface area contributed by atoms with Crippen molar-refractivity contribution in [2.45, 2.75) is 12.8 Å². The highest BCUT2D eigenvalue weighted by Gasteiger charge is 2.19. The zero-order valence-electron chi connectivity index (χ0n) is 13.5. The number of amides is 1. The van der Waals surface area contributed by atoms with Crippen molar-refractivity contribution in [3.05, 3.63) is 42.2 Å². The number of nitrogens with one attached hydrogen (secondary N) is 3. The Hall–Kier alpha value is -2.96.